The normalized spacial score (nSPS) is 11.0. The lowest BCUT2D eigenvalue weighted by atomic mass is 10.2. The quantitative estimate of drug-likeness (QED) is 0.526. The smallest absolute Gasteiger partial charge is 0.274 e. The number of nitrogen functional groups attached to an aromatic ring is 1. The first-order valence-corrected chi connectivity index (χ1v) is 9.70. The fourth-order valence-electron chi connectivity index (χ4n) is 3.36. The van der Waals surface area contributed by atoms with E-state index in [0.717, 1.165) is 16.8 Å². The number of aromatic amines is 1. The number of amides is 1. The van der Waals surface area contributed by atoms with Gasteiger partial charge in [0.15, 0.2) is 0 Å². The minimum Gasteiger partial charge on any atom is -0.383 e. The highest BCUT2D eigenvalue weighted by atomic mass is 35.5. The van der Waals surface area contributed by atoms with Crippen LogP contribution in [-0.2, 0) is 6.54 Å². The average Bonchev–Trinajstić information content (AvgIpc) is 3.10. The van der Waals surface area contributed by atoms with Gasteiger partial charge in [-0.1, -0.05) is 29.8 Å². The molecule has 0 aliphatic carbocycles. The molecule has 3 heterocycles. The minimum atomic E-state index is -0.338. The third-order valence-electron chi connectivity index (χ3n) is 5.00. The van der Waals surface area contributed by atoms with Crippen LogP contribution in [0.25, 0.3) is 11.0 Å². The topological polar surface area (TPSA) is 97.0 Å². The molecule has 0 saturated carbocycles. The molecule has 0 unspecified atom stereocenters. The highest BCUT2D eigenvalue weighted by molar-refractivity contribution is 6.34. The standard InChI is InChI=1S/C22H20ClN5O2/c1-13-10-16-17(26-21(13)24)11-14(25-16)12-28-19(8-5-9-20(28)29)22(30)27(2)18-7-4-3-6-15(18)23/h3-11,25H,12H2,1-2H3,(H2,24,26). The number of nitrogens with zero attached hydrogens (tertiary/aromatic N) is 3. The average molecular weight is 422 g/mol. The molecule has 0 saturated heterocycles. The number of nitrogens with one attached hydrogen (secondary N) is 1. The number of para-hydroxylation sites is 1. The van der Waals surface area contributed by atoms with E-state index in [9.17, 15) is 9.59 Å². The molecule has 1 amide bonds. The van der Waals surface area contributed by atoms with Gasteiger partial charge in [0, 0.05) is 18.8 Å². The third-order valence-corrected chi connectivity index (χ3v) is 5.32. The number of pyridine rings is 2. The minimum absolute atomic E-state index is 0.187. The number of H-pyrrole nitrogens is 1. The molecule has 0 aliphatic heterocycles. The Kier molecular flexibility index (Phi) is 5.05. The van der Waals surface area contributed by atoms with Crippen molar-refractivity contribution in [2.24, 2.45) is 0 Å². The van der Waals surface area contributed by atoms with Crippen molar-refractivity contribution in [3.8, 4) is 0 Å². The molecule has 7 nitrogen and oxygen atoms in total. The summed E-state index contributed by atoms with van der Waals surface area (Å²) in [6, 6.07) is 15.4. The maximum Gasteiger partial charge on any atom is 0.274 e. The van der Waals surface area contributed by atoms with Crippen LogP contribution in [-0.4, -0.2) is 27.5 Å². The van der Waals surface area contributed by atoms with E-state index in [1.807, 2.05) is 19.1 Å². The lowest BCUT2D eigenvalue weighted by Crippen LogP contribution is -2.33. The van der Waals surface area contributed by atoms with Crippen LogP contribution in [0.4, 0.5) is 11.5 Å². The van der Waals surface area contributed by atoms with Gasteiger partial charge in [-0.3, -0.25) is 14.2 Å². The Morgan fingerprint density at radius 3 is 2.73 bits per heavy atom. The van der Waals surface area contributed by atoms with Crippen LogP contribution in [0.2, 0.25) is 5.02 Å². The third kappa shape index (κ3) is 3.55. The molecule has 4 rings (SSSR count). The molecule has 0 spiro atoms. The number of aromatic nitrogens is 3. The second-order valence-corrected chi connectivity index (χ2v) is 7.48. The lowest BCUT2D eigenvalue weighted by Gasteiger charge is -2.20. The van der Waals surface area contributed by atoms with Gasteiger partial charge >= 0.3 is 0 Å². The Labute approximate surface area is 177 Å². The fraction of sp³-hybridized carbons (Fsp3) is 0.136. The highest BCUT2D eigenvalue weighted by Gasteiger charge is 2.20. The number of carbonyl (C=O) groups excluding carboxylic acids is 1. The molecule has 3 aromatic heterocycles. The summed E-state index contributed by atoms with van der Waals surface area (Å²) in [6.07, 6.45) is 0. The number of benzene rings is 1. The molecular formula is C22H20ClN5O2. The number of carbonyl (C=O) groups is 1. The summed E-state index contributed by atoms with van der Waals surface area (Å²) in [4.78, 5) is 34.9. The molecule has 0 radical (unpaired) electrons. The molecule has 0 fully saturated rings. The molecule has 152 valence electrons. The number of hydrogen-bond acceptors (Lipinski definition) is 4. The summed E-state index contributed by atoms with van der Waals surface area (Å²) in [5.74, 6) is 0.122. The Hall–Kier alpha value is -3.58. The van der Waals surface area contributed by atoms with Gasteiger partial charge in [0.05, 0.1) is 28.3 Å². The van der Waals surface area contributed by atoms with Crippen molar-refractivity contribution >= 4 is 40.0 Å². The Balaban J connectivity index is 1.73. The van der Waals surface area contributed by atoms with Gasteiger partial charge in [0.1, 0.15) is 11.5 Å². The van der Waals surface area contributed by atoms with Crippen molar-refractivity contribution in [3.05, 3.63) is 86.9 Å². The molecule has 1 aromatic carbocycles. The Morgan fingerprint density at radius 1 is 1.20 bits per heavy atom. The molecule has 8 heteroatoms. The maximum atomic E-state index is 13.2. The van der Waals surface area contributed by atoms with Crippen LogP contribution in [0.1, 0.15) is 21.7 Å². The van der Waals surface area contributed by atoms with Crippen LogP contribution in [0.5, 0.6) is 0 Å². The maximum absolute atomic E-state index is 13.2. The van der Waals surface area contributed by atoms with Gasteiger partial charge in [0.25, 0.3) is 11.5 Å². The van der Waals surface area contributed by atoms with Crippen molar-refractivity contribution in [1.82, 2.24) is 14.5 Å². The van der Waals surface area contributed by atoms with Crippen molar-refractivity contribution in [2.45, 2.75) is 13.5 Å². The monoisotopic (exact) mass is 421 g/mol. The number of fused-ring (bicyclic) bond motifs is 1. The molecule has 30 heavy (non-hydrogen) atoms. The largest absolute Gasteiger partial charge is 0.383 e. The predicted octanol–water partition coefficient (Wildman–Crippen LogP) is 3.59. The van der Waals surface area contributed by atoms with Crippen LogP contribution >= 0.6 is 11.6 Å². The number of aryl methyl sites for hydroxylation is 1. The SMILES string of the molecule is Cc1cc2[nH]c(Cn3c(C(=O)N(C)c4ccccc4Cl)cccc3=O)cc2nc1N. The fourth-order valence-corrected chi connectivity index (χ4v) is 3.62. The van der Waals surface area contributed by atoms with Crippen LogP contribution < -0.4 is 16.2 Å². The van der Waals surface area contributed by atoms with E-state index < -0.39 is 0 Å². The van der Waals surface area contributed by atoms with E-state index in [0.29, 0.717) is 22.0 Å². The highest BCUT2D eigenvalue weighted by Crippen LogP contribution is 2.25. The zero-order chi connectivity index (χ0) is 21.4. The summed E-state index contributed by atoms with van der Waals surface area (Å²) < 4.78 is 1.43. The van der Waals surface area contributed by atoms with Crippen LogP contribution in [0.3, 0.4) is 0 Å². The number of halogens is 1. The van der Waals surface area contributed by atoms with Gasteiger partial charge in [-0.2, -0.15) is 0 Å². The number of rotatable bonds is 4. The van der Waals surface area contributed by atoms with E-state index in [4.69, 9.17) is 17.3 Å². The number of anilines is 2. The van der Waals surface area contributed by atoms with Crippen molar-refractivity contribution in [3.63, 3.8) is 0 Å². The van der Waals surface area contributed by atoms with Crippen LogP contribution in [0.15, 0.2) is 59.4 Å². The van der Waals surface area contributed by atoms with E-state index in [2.05, 4.69) is 9.97 Å². The first kappa shape index (κ1) is 19.7. The lowest BCUT2D eigenvalue weighted by molar-refractivity contribution is 0.0983. The second-order valence-electron chi connectivity index (χ2n) is 7.07. The van der Waals surface area contributed by atoms with Gasteiger partial charge in [-0.15, -0.1) is 0 Å². The summed E-state index contributed by atoms with van der Waals surface area (Å²) >= 11 is 6.24. The summed E-state index contributed by atoms with van der Waals surface area (Å²) in [5.41, 5.74) is 9.57. The molecule has 0 bridgehead atoms. The molecule has 4 aromatic rings. The molecule has 3 N–H and O–H groups in total. The number of hydrogen-bond donors (Lipinski definition) is 2. The summed E-state index contributed by atoms with van der Waals surface area (Å²) in [7, 11) is 1.63. The number of nitrogens with two attached hydrogens (primary N) is 1. The van der Waals surface area contributed by atoms with Crippen molar-refractivity contribution < 1.29 is 4.79 Å². The van der Waals surface area contributed by atoms with E-state index in [1.54, 1.807) is 43.4 Å². The van der Waals surface area contributed by atoms with Gasteiger partial charge in [-0.25, -0.2) is 4.98 Å². The predicted molar refractivity (Wildman–Crippen MR) is 119 cm³/mol. The first-order chi connectivity index (χ1) is 14.3. The first-order valence-electron chi connectivity index (χ1n) is 9.32. The zero-order valence-corrected chi connectivity index (χ0v) is 17.3. The van der Waals surface area contributed by atoms with Crippen molar-refractivity contribution in [2.75, 3.05) is 17.7 Å². The molecular weight excluding hydrogens is 402 g/mol. The van der Waals surface area contributed by atoms with Crippen LogP contribution in [0, 0.1) is 6.92 Å². The molecule has 0 atom stereocenters. The van der Waals surface area contributed by atoms with E-state index in [1.165, 1.54) is 15.5 Å². The van der Waals surface area contributed by atoms with E-state index >= 15 is 0 Å². The van der Waals surface area contributed by atoms with Gasteiger partial charge < -0.3 is 15.6 Å². The van der Waals surface area contributed by atoms with Crippen molar-refractivity contribution in [1.29, 1.82) is 0 Å². The van der Waals surface area contributed by atoms with Gasteiger partial charge in [0.2, 0.25) is 0 Å². The van der Waals surface area contributed by atoms with E-state index in [-0.39, 0.29) is 23.7 Å². The molecule has 0 aliphatic rings. The second kappa shape index (κ2) is 7.68. The summed E-state index contributed by atoms with van der Waals surface area (Å²) in [6.45, 7) is 2.07. The zero-order valence-electron chi connectivity index (χ0n) is 16.5. The Bertz CT molecular complexity index is 1290. The summed E-state index contributed by atoms with van der Waals surface area (Å²) in [5, 5.41) is 0.452. The Morgan fingerprint density at radius 2 is 1.97 bits per heavy atom. The van der Waals surface area contributed by atoms with Gasteiger partial charge in [-0.05, 0) is 42.8 Å².